The SMILES string of the molecule is CC(C)(C)OC(=O)N1CCC(C=CC(=O)NC2CCCC2)=CCC1C(=O)O. The monoisotopic (exact) mass is 378 g/mol. The van der Waals surface area contributed by atoms with E-state index in [1.54, 1.807) is 32.9 Å². The van der Waals surface area contributed by atoms with Crippen LogP contribution in [0.3, 0.4) is 0 Å². The predicted octanol–water partition coefficient (Wildman–Crippen LogP) is 3.01. The lowest BCUT2D eigenvalue weighted by molar-refractivity contribution is -0.143. The number of amides is 2. The van der Waals surface area contributed by atoms with Gasteiger partial charge in [0.2, 0.25) is 5.91 Å². The molecule has 2 rings (SSSR count). The fourth-order valence-corrected chi connectivity index (χ4v) is 3.32. The van der Waals surface area contributed by atoms with E-state index < -0.39 is 23.7 Å². The summed E-state index contributed by atoms with van der Waals surface area (Å²) in [6, 6.07) is -0.720. The molecule has 150 valence electrons. The molecule has 0 bridgehead atoms. The van der Waals surface area contributed by atoms with Gasteiger partial charge >= 0.3 is 12.1 Å². The second kappa shape index (κ2) is 9.06. The summed E-state index contributed by atoms with van der Waals surface area (Å²) in [6.07, 6.45) is 9.34. The molecular formula is C20H30N2O5. The van der Waals surface area contributed by atoms with Gasteiger partial charge < -0.3 is 15.2 Å². The molecule has 1 fully saturated rings. The molecule has 0 aromatic rings. The minimum absolute atomic E-state index is 0.133. The summed E-state index contributed by atoms with van der Waals surface area (Å²) < 4.78 is 5.34. The number of aliphatic carboxylic acids is 1. The minimum atomic E-state index is -1.07. The van der Waals surface area contributed by atoms with Gasteiger partial charge in [0.05, 0.1) is 0 Å². The predicted molar refractivity (Wildman–Crippen MR) is 101 cm³/mol. The summed E-state index contributed by atoms with van der Waals surface area (Å²) in [5, 5.41) is 12.5. The van der Waals surface area contributed by atoms with Crippen LogP contribution < -0.4 is 5.32 Å². The van der Waals surface area contributed by atoms with Crippen molar-refractivity contribution >= 4 is 18.0 Å². The number of rotatable bonds is 4. The Bertz CT molecular complexity index is 627. The molecule has 1 atom stereocenters. The normalized spacial score (nSPS) is 21.7. The van der Waals surface area contributed by atoms with Gasteiger partial charge in [-0.2, -0.15) is 0 Å². The summed E-state index contributed by atoms with van der Waals surface area (Å²) in [5.41, 5.74) is 0.148. The van der Waals surface area contributed by atoms with E-state index in [9.17, 15) is 19.5 Å². The fourth-order valence-electron chi connectivity index (χ4n) is 3.32. The molecule has 1 aliphatic carbocycles. The molecule has 1 saturated carbocycles. The Morgan fingerprint density at radius 2 is 1.93 bits per heavy atom. The maximum absolute atomic E-state index is 12.4. The average Bonchev–Trinajstić information content (AvgIpc) is 2.95. The molecule has 27 heavy (non-hydrogen) atoms. The van der Waals surface area contributed by atoms with E-state index in [-0.39, 0.29) is 24.9 Å². The van der Waals surface area contributed by atoms with Gasteiger partial charge in [-0.1, -0.05) is 25.0 Å². The standard InChI is InChI=1S/C20H30N2O5/c1-20(2,3)27-19(26)22-13-12-14(8-10-16(22)18(24)25)9-11-17(23)21-15-6-4-5-7-15/h8-9,11,15-16H,4-7,10,12-13H2,1-3H3,(H,21,23)(H,24,25). The number of carboxylic acid groups (broad SMARTS) is 1. The average molecular weight is 378 g/mol. The van der Waals surface area contributed by atoms with E-state index in [0.717, 1.165) is 31.3 Å². The van der Waals surface area contributed by atoms with E-state index in [2.05, 4.69) is 5.32 Å². The van der Waals surface area contributed by atoms with Gasteiger partial charge in [-0.25, -0.2) is 9.59 Å². The van der Waals surface area contributed by atoms with Crippen molar-refractivity contribution in [2.75, 3.05) is 6.54 Å². The quantitative estimate of drug-likeness (QED) is 0.733. The van der Waals surface area contributed by atoms with Crippen LogP contribution in [0.1, 0.15) is 59.3 Å². The molecule has 2 aliphatic rings. The Morgan fingerprint density at radius 1 is 1.26 bits per heavy atom. The van der Waals surface area contributed by atoms with Gasteiger partial charge in [0.15, 0.2) is 0 Å². The van der Waals surface area contributed by atoms with Crippen molar-refractivity contribution in [3.8, 4) is 0 Å². The Morgan fingerprint density at radius 3 is 2.52 bits per heavy atom. The van der Waals surface area contributed by atoms with E-state index in [1.807, 2.05) is 0 Å². The van der Waals surface area contributed by atoms with Crippen LogP contribution in [0.2, 0.25) is 0 Å². The van der Waals surface area contributed by atoms with E-state index in [4.69, 9.17) is 4.74 Å². The second-order valence-electron chi connectivity index (χ2n) is 8.12. The molecule has 1 heterocycles. The highest BCUT2D eigenvalue weighted by atomic mass is 16.6. The smallest absolute Gasteiger partial charge is 0.411 e. The first kappa shape index (κ1) is 21.0. The largest absolute Gasteiger partial charge is 0.480 e. The number of nitrogens with zero attached hydrogens (tertiary/aromatic N) is 1. The lowest BCUT2D eigenvalue weighted by Crippen LogP contribution is -2.46. The van der Waals surface area contributed by atoms with Crippen molar-refractivity contribution in [1.29, 1.82) is 0 Å². The van der Waals surface area contributed by atoms with E-state index >= 15 is 0 Å². The molecule has 2 N–H and O–H groups in total. The van der Waals surface area contributed by atoms with Crippen molar-refractivity contribution < 1.29 is 24.2 Å². The number of hydrogen-bond donors (Lipinski definition) is 2. The highest BCUT2D eigenvalue weighted by Gasteiger charge is 2.33. The third-order valence-electron chi connectivity index (χ3n) is 4.68. The van der Waals surface area contributed by atoms with Gasteiger partial charge in [0.25, 0.3) is 0 Å². The summed E-state index contributed by atoms with van der Waals surface area (Å²) >= 11 is 0. The highest BCUT2D eigenvalue weighted by Crippen LogP contribution is 2.21. The topological polar surface area (TPSA) is 95.9 Å². The fraction of sp³-hybridized carbons (Fsp3) is 0.650. The zero-order valence-corrected chi connectivity index (χ0v) is 16.4. The summed E-state index contributed by atoms with van der Waals surface area (Å²) in [4.78, 5) is 37.3. The van der Waals surface area contributed by atoms with Crippen LogP contribution in [0.15, 0.2) is 23.8 Å². The van der Waals surface area contributed by atoms with Crippen LogP contribution in [-0.4, -0.2) is 52.2 Å². The van der Waals surface area contributed by atoms with Crippen molar-refractivity contribution in [2.45, 2.75) is 77.0 Å². The minimum Gasteiger partial charge on any atom is -0.480 e. The van der Waals surface area contributed by atoms with Gasteiger partial charge in [0.1, 0.15) is 11.6 Å². The highest BCUT2D eigenvalue weighted by molar-refractivity contribution is 5.88. The van der Waals surface area contributed by atoms with Gasteiger partial charge in [-0.05, 0) is 52.0 Å². The molecule has 7 nitrogen and oxygen atoms in total. The van der Waals surface area contributed by atoms with Crippen molar-refractivity contribution in [3.05, 3.63) is 23.8 Å². The lowest BCUT2D eigenvalue weighted by atomic mass is 10.1. The maximum Gasteiger partial charge on any atom is 0.411 e. The molecule has 0 saturated heterocycles. The van der Waals surface area contributed by atoms with Crippen LogP contribution in [0.25, 0.3) is 0 Å². The van der Waals surface area contributed by atoms with Crippen LogP contribution in [0.4, 0.5) is 4.79 Å². The lowest BCUT2D eigenvalue weighted by Gasteiger charge is -2.30. The second-order valence-corrected chi connectivity index (χ2v) is 8.12. The Balaban J connectivity index is 1.99. The van der Waals surface area contributed by atoms with Gasteiger partial charge in [0, 0.05) is 18.7 Å². The number of carbonyl (C=O) groups is 3. The number of nitrogens with one attached hydrogen (secondary N) is 1. The summed E-state index contributed by atoms with van der Waals surface area (Å²) in [6.45, 7) is 5.46. The van der Waals surface area contributed by atoms with Gasteiger partial charge in [-0.15, -0.1) is 0 Å². The zero-order valence-electron chi connectivity index (χ0n) is 16.4. The van der Waals surface area contributed by atoms with Gasteiger partial charge in [-0.3, -0.25) is 9.69 Å². The first-order valence-electron chi connectivity index (χ1n) is 9.56. The maximum atomic E-state index is 12.4. The Labute approximate surface area is 160 Å². The number of carboxylic acids is 1. The summed E-state index contributed by atoms with van der Waals surface area (Å²) in [5.74, 6) is -1.20. The van der Waals surface area contributed by atoms with Crippen LogP contribution >= 0.6 is 0 Å². The molecular weight excluding hydrogens is 348 g/mol. The molecule has 1 unspecified atom stereocenters. The first-order valence-corrected chi connectivity index (χ1v) is 9.56. The summed E-state index contributed by atoms with van der Waals surface area (Å²) in [7, 11) is 0. The number of hydrogen-bond acceptors (Lipinski definition) is 4. The Hall–Kier alpha value is -2.31. The third-order valence-corrected chi connectivity index (χ3v) is 4.68. The molecule has 7 heteroatoms. The van der Waals surface area contributed by atoms with E-state index in [0.29, 0.717) is 6.42 Å². The number of carbonyl (C=O) groups excluding carboxylic acids is 2. The molecule has 1 aliphatic heterocycles. The third kappa shape index (κ3) is 6.73. The molecule has 0 aromatic carbocycles. The van der Waals surface area contributed by atoms with Crippen LogP contribution in [0.5, 0.6) is 0 Å². The number of ether oxygens (including phenoxy) is 1. The molecule has 0 radical (unpaired) electrons. The van der Waals surface area contributed by atoms with Crippen molar-refractivity contribution in [2.24, 2.45) is 0 Å². The number of allylic oxidation sites excluding steroid dienone is 1. The van der Waals surface area contributed by atoms with Crippen LogP contribution in [-0.2, 0) is 14.3 Å². The molecule has 2 amide bonds. The zero-order chi connectivity index (χ0) is 20.0. The van der Waals surface area contributed by atoms with Crippen molar-refractivity contribution in [3.63, 3.8) is 0 Å². The molecule has 0 aromatic heterocycles. The molecule has 0 spiro atoms. The Kier molecular flexibility index (Phi) is 7.05. The first-order chi connectivity index (χ1) is 12.7. The van der Waals surface area contributed by atoms with Crippen molar-refractivity contribution in [1.82, 2.24) is 10.2 Å². The van der Waals surface area contributed by atoms with E-state index in [1.165, 1.54) is 11.0 Å². The van der Waals surface area contributed by atoms with Crippen LogP contribution in [0, 0.1) is 0 Å².